The SMILES string of the molecule is CNCC(O)c1cccc(OC)c1OC1CCOC1. The fourth-order valence-corrected chi connectivity index (χ4v) is 2.16. The predicted molar refractivity (Wildman–Crippen MR) is 71.7 cm³/mol. The molecule has 0 aromatic heterocycles. The largest absolute Gasteiger partial charge is 0.493 e. The molecule has 0 saturated carbocycles. The molecular formula is C14H21NO4. The minimum atomic E-state index is -0.627. The van der Waals surface area contributed by atoms with E-state index >= 15 is 0 Å². The summed E-state index contributed by atoms with van der Waals surface area (Å²) in [4.78, 5) is 0. The number of hydrogen-bond acceptors (Lipinski definition) is 5. The van der Waals surface area contributed by atoms with E-state index in [0.29, 0.717) is 31.3 Å². The predicted octanol–water partition coefficient (Wildman–Crippen LogP) is 1.12. The molecule has 106 valence electrons. The number of likely N-dealkylation sites (N-methyl/N-ethyl adjacent to an activating group) is 1. The third-order valence-electron chi connectivity index (χ3n) is 3.16. The number of ether oxygens (including phenoxy) is 3. The van der Waals surface area contributed by atoms with E-state index in [4.69, 9.17) is 14.2 Å². The van der Waals surface area contributed by atoms with Crippen molar-refractivity contribution < 1.29 is 19.3 Å². The van der Waals surface area contributed by atoms with Gasteiger partial charge in [0.05, 0.1) is 26.4 Å². The van der Waals surface area contributed by atoms with Crippen molar-refractivity contribution in [2.24, 2.45) is 0 Å². The Morgan fingerprint density at radius 1 is 1.53 bits per heavy atom. The van der Waals surface area contributed by atoms with Gasteiger partial charge in [0.1, 0.15) is 6.10 Å². The van der Waals surface area contributed by atoms with Crippen molar-refractivity contribution >= 4 is 0 Å². The molecule has 0 radical (unpaired) electrons. The van der Waals surface area contributed by atoms with E-state index in [0.717, 1.165) is 12.0 Å². The molecule has 0 aliphatic carbocycles. The van der Waals surface area contributed by atoms with Crippen LogP contribution in [0.25, 0.3) is 0 Å². The summed E-state index contributed by atoms with van der Waals surface area (Å²) in [7, 11) is 3.40. The van der Waals surface area contributed by atoms with E-state index in [1.807, 2.05) is 18.2 Å². The van der Waals surface area contributed by atoms with Crippen molar-refractivity contribution in [3.8, 4) is 11.5 Å². The van der Waals surface area contributed by atoms with Gasteiger partial charge in [-0.15, -0.1) is 0 Å². The lowest BCUT2D eigenvalue weighted by Crippen LogP contribution is -2.21. The second-order valence-corrected chi connectivity index (χ2v) is 4.56. The van der Waals surface area contributed by atoms with Crippen LogP contribution in [0.1, 0.15) is 18.1 Å². The fraction of sp³-hybridized carbons (Fsp3) is 0.571. The van der Waals surface area contributed by atoms with Crippen molar-refractivity contribution in [2.75, 3.05) is 33.9 Å². The van der Waals surface area contributed by atoms with Crippen LogP contribution in [0.5, 0.6) is 11.5 Å². The van der Waals surface area contributed by atoms with Crippen molar-refractivity contribution in [1.82, 2.24) is 5.32 Å². The molecule has 1 aliphatic heterocycles. The van der Waals surface area contributed by atoms with E-state index in [-0.39, 0.29) is 6.10 Å². The second-order valence-electron chi connectivity index (χ2n) is 4.56. The highest BCUT2D eigenvalue weighted by molar-refractivity contribution is 5.48. The molecule has 0 spiro atoms. The lowest BCUT2D eigenvalue weighted by atomic mass is 10.1. The van der Waals surface area contributed by atoms with Gasteiger partial charge in [0.25, 0.3) is 0 Å². The van der Waals surface area contributed by atoms with E-state index in [9.17, 15) is 5.11 Å². The van der Waals surface area contributed by atoms with Crippen LogP contribution in [-0.4, -0.2) is 45.1 Å². The molecule has 0 bridgehead atoms. The summed E-state index contributed by atoms with van der Waals surface area (Å²) in [5.74, 6) is 1.25. The second kappa shape index (κ2) is 6.75. The van der Waals surface area contributed by atoms with Gasteiger partial charge in [-0.3, -0.25) is 0 Å². The number of hydrogen-bond donors (Lipinski definition) is 2. The maximum absolute atomic E-state index is 10.2. The highest BCUT2D eigenvalue weighted by atomic mass is 16.6. The first-order chi connectivity index (χ1) is 9.26. The Morgan fingerprint density at radius 2 is 2.37 bits per heavy atom. The van der Waals surface area contributed by atoms with Gasteiger partial charge in [0.15, 0.2) is 11.5 Å². The first-order valence-corrected chi connectivity index (χ1v) is 6.50. The van der Waals surface area contributed by atoms with Crippen LogP contribution in [0.15, 0.2) is 18.2 Å². The minimum Gasteiger partial charge on any atom is -0.493 e. The van der Waals surface area contributed by atoms with Crippen molar-refractivity contribution in [3.63, 3.8) is 0 Å². The maximum Gasteiger partial charge on any atom is 0.167 e. The highest BCUT2D eigenvalue weighted by Gasteiger charge is 2.23. The van der Waals surface area contributed by atoms with Crippen LogP contribution in [-0.2, 0) is 4.74 Å². The van der Waals surface area contributed by atoms with Gasteiger partial charge in [0, 0.05) is 18.5 Å². The summed E-state index contributed by atoms with van der Waals surface area (Å²) in [6.07, 6.45) is 0.258. The number of para-hydroxylation sites is 1. The lowest BCUT2D eigenvalue weighted by molar-refractivity contribution is 0.129. The maximum atomic E-state index is 10.2. The number of methoxy groups -OCH3 is 1. The van der Waals surface area contributed by atoms with Gasteiger partial charge in [0.2, 0.25) is 0 Å². The van der Waals surface area contributed by atoms with E-state index < -0.39 is 6.10 Å². The van der Waals surface area contributed by atoms with Crippen LogP contribution in [0.3, 0.4) is 0 Å². The number of aliphatic hydroxyl groups excluding tert-OH is 1. The monoisotopic (exact) mass is 267 g/mol. The Labute approximate surface area is 113 Å². The summed E-state index contributed by atoms with van der Waals surface area (Å²) in [6.45, 7) is 1.76. The van der Waals surface area contributed by atoms with Crippen LogP contribution < -0.4 is 14.8 Å². The van der Waals surface area contributed by atoms with Crippen LogP contribution in [0.2, 0.25) is 0 Å². The van der Waals surface area contributed by atoms with Gasteiger partial charge < -0.3 is 24.6 Å². The van der Waals surface area contributed by atoms with E-state index in [1.54, 1.807) is 14.2 Å². The molecule has 5 nitrogen and oxygen atoms in total. The van der Waals surface area contributed by atoms with Crippen LogP contribution >= 0.6 is 0 Å². The van der Waals surface area contributed by atoms with Gasteiger partial charge in [-0.05, 0) is 13.1 Å². The fourth-order valence-electron chi connectivity index (χ4n) is 2.16. The molecule has 1 aromatic carbocycles. The van der Waals surface area contributed by atoms with Crippen molar-refractivity contribution in [1.29, 1.82) is 0 Å². The Kier molecular flexibility index (Phi) is 5.01. The average molecular weight is 267 g/mol. The zero-order valence-corrected chi connectivity index (χ0v) is 11.4. The van der Waals surface area contributed by atoms with Gasteiger partial charge >= 0.3 is 0 Å². The van der Waals surface area contributed by atoms with E-state index in [1.165, 1.54) is 0 Å². The highest BCUT2D eigenvalue weighted by Crippen LogP contribution is 2.36. The first-order valence-electron chi connectivity index (χ1n) is 6.50. The summed E-state index contributed by atoms with van der Waals surface area (Å²) in [5, 5.41) is 13.1. The van der Waals surface area contributed by atoms with Gasteiger partial charge in [-0.2, -0.15) is 0 Å². The zero-order chi connectivity index (χ0) is 13.7. The van der Waals surface area contributed by atoms with Gasteiger partial charge in [-0.1, -0.05) is 12.1 Å². The summed E-state index contributed by atoms with van der Waals surface area (Å²) in [6, 6.07) is 5.54. The third-order valence-corrected chi connectivity index (χ3v) is 3.16. The smallest absolute Gasteiger partial charge is 0.167 e. The number of nitrogens with one attached hydrogen (secondary N) is 1. The molecule has 2 atom stereocenters. The molecular weight excluding hydrogens is 246 g/mol. The molecule has 1 heterocycles. The third kappa shape index (κ3) is 3.37. The molecule has 0 amide bonds. The first kappa shape index (κ1) is 14.1. The molecule has 1 saturated heterocycles. The standard InChI is InChI=1S/C14H21NO4/c1-15-8-12(16)11-4-3-5-13(17-2)14(11)19-10-6-7-18-9-10/h3-5,10,12,15-16H,6-9H2,1-2H3. The zero-order valence-electron chi connectivity index (χ0n) is 11.4. The minimum absolute atomic E-state index is 0.0248. The Balaban J connectivity index is 2.25. The normalized spacial score (nSPS) is 20.3. The van der Waals surface area contributed by atoms with Crippen LogP contribution in [0.4, 0.5) is 0 Å². The summed E-state index contributed by atoms with van der Waals surface area (Å²) < 4.78 is 16.6. The molecule has 2 rings (SSSR count). The molecule has 1 aliphatic rings. The van der Waals surface area contributed by atoms with Gasteiger partial charge in [-0.25, -0.2) is 0 Å². The summed E-state index contributed by atoms with van der Waals surface area (Å²) >= 11 is 0. The number of aliphatic hydroxyl groups is 1. The quantitative estimate of drug-likeness (QED) is 0.808. The molecule has 2 unspecified atom stereocenters. The average Bonchev–Trinajstić information content (AvgIpc) is 2.92. The Bertz CT molecular complexity index is 404. The lowest BCUT2D eigenvalue weighted by Gasteiger charge is -2.21. The van der Waals surface area contributed by atoms with Crippen molar-refractivity contribution in [3.05, 3.63) is 23.8 Å². The molecule has 19 heavy (non-hydrogen) atoms. The Hall–Kier alpha value is -1.30. The number of rotatable bonds is 6. The summed E-state index contributed by atoms with van der Waals surface area (Å²) in [5.41, 5.74) is 0.737. The Morgan fingerprint density at radius 3 is 3.00 bits per heavy atom. The molecule has 1 fully saturated rings. The molecule has 2 N–H and O–H groups in total. The molecule has 5 heteroatoms. The number of benzene rings is 1. The van der Waals surface area contributed by atoms with Crippen LogP contribution in [0, 0.1) is 0 Å². The van der Waals surface area contributed by atoms with E-state index in [2.05, 4.69) is 5.32 Å². The van der Waals surface area contributed by atoms with Crippen molar-refractivity contribution in [2.45, 2.75) is 18.6 Å². The topological polar surface area (TPSA) is 60.0 Å². The molecule has 1 aromatic rings.